The number of nitrogens with one attached hydrogen (secondary N) is 1. The number of rotatable bonds is 7. The summed E-state index contributed by atoms with van der Waals surface area (Å²) in [5.41, 5.74) is 1.05. The van der Waals surface area contributed by atoms with Crippen molar-refractivity contribution in [2.24, 2.45) is 0 Å². The molecule has 23 heavy (non-hydrogen) atoms. The van der Waals surface area contributed by atoms with Crippen LogP contribution in [0.3, 0.4) is 0 Å². The Labute approximate surface area is 143 Å². The Morgan fingerprint density at radius 1 is 1.26 bits per heavy atom. The van der Waals surface area contributed by atoms with E-state index in [0.29, 0.717) is 11.6 Å². The fourth-order valence-electron chi connectivity index (χ4n) is 2.70. The van der Waals surface area contributed by atoms with E-state index in [1.165, 1.54) is 0 Å². The molecule has 1 heterocycles. The summed E-state index contributed by atoms with van der Waals surface area (Å²) >= 11 is 5.86. The zero-order valence-corrected chi connectivity index (χ0v) is 14.7. The second-order valence-electron chi connectivity index (χ2n) is 5.89. The number of halogens is 1. The van der Waals surface area contributed by atoms with Crippen LogP contribution in [0.1, 0.15) is 12.5 Å². The first-order valence-corrected chi connectivity index (χ1v) is 8.45. The number of methoxy groups -OCH3 is 1. The van der Waals surface area contributed by atoms with Gasteiger partial charge < -0.3 is 10.1 Å². The lowest BCUT2D eigenvalue weighted by Gasteiger charge is -2.37. The van der Waals surface area contributed by atoms with Gasteiger partial charge in [0.15, 0.2) is 0 Å². The normalized spacial score (nSPS) is 17.9. The molecule has 0 unspecified atom stereocenters. The van der Waals surface area contributed by atoms with E-state index >= 15 is 0 Å². The minimum atomic E-state index is -0.105. The van der Waals surface area contributed by atoms with Gasteiger partial charge in [0.05, 0.1) is 12.6 Å². The Morgan fingerprint density at radius 2 is 1.91 bits per heavy atom. The Kier molecular flexibility index (Phi) is 7.30. The Morgan fingerprint density at radius 3 is 2.52 bits per heavy atom. The average Bonchev–Trinajstić information content (AvgIpc) is 2.59. The third-order valence-electron chi connectivity index (χ3n) is 4.33. The van der Waals surface area contributed by atoms with Crippen molar-refractivity contribution in [2.45, 2.75) is 19.5 Å². The van der Waals surface area contributed by atoms with Gasteiger partial charge in [0.25, 0.3) is 0 Å². The van der Waals surface area contributed by atoms with Crippen LogP contribution < -0.4 is 5.32 Å². The van der Waals surface area contributed by atoms with Crippen LogP contribution in [0, 0.1) is 0 Å². The number of hydrogen-bond donors (Lipinski definition) is 1. The molecule has 1 aliphatic rings. The van der Waals surface area contributed by atoms with E-state index in [-0.39, 0.29) is 11.9 Å². The van der Waals surface area contributed by atoms with Gasteiger partial charge in [0.2, 0.25) is 5.91 Å². The lowest BCUT2D eigenvalue weighted by atomic mass is 10.2. The zero-order valence-electron chi connectivity index (χ0n) is 13.9. The molecule has 1 aromatic rings. The molecule has 0 aliphatic carbocycles. The molecule has 1 aliphatic heterocycles. The van der Waals surface area contributed by atoms with E-state index in [1.807, 2.05) is 31.2 Å². The summed E-state index contributed by atoms with van der Waals surface area (Å²) in [7, 11) is 1.73. The second kappa shape index (κ2) is 9.23. The maximum atomic E-state index is 12.3. The first kappa shape index (κ1) is 18.2. The fourth-order valence-corrected chi connectivity index (χ4v) is 2.83. The van der Waals surface area contributed by atoms with Crippen LogP contribution >= 0.6 is 11.6 Å². The van der Waals surface area contributed by atoms with Gasteiger partial charge in [0.1, 0.15) is 0 Å². The molecule has 1 saturated heterocycles. The summed E-state index contributed by atoms with van der Waals surface area (Å²) in [6.45, 7) is 8.03. The van der Waals surface area contributed by atoms with Crippen molar-refractivity contribution < 1.29 is 9.53 Å². The standard InChI is InChI=1S/C17H26ClN3O2/c1-14(21-9-7-20(8-10-21)11-12-23-2)17(22)19-13-15-3-5-16(18)6-4-15/h3-6,14H,7-13H2,1-2H3,(H,19,22)/t14-/m1/s1. The van der Waals surface area contributed by atoms with Crippen LogP contribution in [0.25, 0.3) is 0 Å². The average molecular weight is 340 g/mol. The summed E-state index contributed by atoms with van der Waals surface area (Å²) in [4.78, 5) is 16.9. The molecule has 5 nitrogen and oxygen atoms in total. The molecule has 0 saturated carbocycles. The topological polar surface area (TPSA) is 44.8 Å². The number of carbonyl (C=O) groups is 1. The zero-order chi connectivity index (χ0) is 16.7. The van der Waals surface area contributed by atoms with Crippen LogP contribution in [0.15, 0.2) is 24.3 Å². The van der Waals surface area contributed by atoms with Crippen LogP contribution in [0.2, 0.25) is 5.02 Å². The SMILES string of the molecule is COCCN1CCN([C@H](C)C(=O)NCc2ccc(Cl)cc2)CC1. The number of ether oxygens (including phenoxy) is 1. The molecule has 0 bridgehead atoms. The number of amides is 1. The van der Waals surface area contributed by atoms with Crippen molar-refractivity contribution in [2.75, 3.05) is 46.4 Å². The molecule has 1 fully saturated rings. The van der Waals surface area contributed by atoms with Gasteiger partial charge in [-0.25, -0.2) is 0 Å². The van der Waals surface area contributed by atoms with Crippen molar-refractivity contribution in [3.8, 4) is 0 Å². The largest absolute Gasteiger partial charge is 0.383 e. The first-order chi connectivity index (χ1) is 11.1. The highest BCUT2D eigenvalue weighted by molar-refractivity contribution is 6.30. The fraction of sp³-hybridized carbons (Fsp3) is 0.588. The minimum absolute atomic E-state index is 0.0743. The van der Waals surface area contributed by atoms with Gasteiger partial charge in [-0.2, -0.15) is 0 Å². The maximum absolute atomic E-state index is 12.3. The summed E-state index contributed by atoms with van der Waals surface area (Å²) in [5, 5.41) is 3.71. The molecular weight excluding hydrogens is 314 g/mol. The van der Waals surface area contributed by atoms with E-state index in [1.54, 1.807) is 7.11 Å². The highest BCUT2D eigenvalue weighted by atomic mass is 35.5. The van der Waals surface area contributed by atoms with E-state index < -0.39 is 0 Å². The minimum Gasteiger partial charge on any atom is -0.383 e. The van der Waals surface area contributed by atoms with Gasteiger partial charge >= 0.3 is 0 Å². The molecular formula is C17H26ClN3O2. The predicted molar refractivity (Wildman–Crippen MR) is 92.6 cm³/mol. The van der Waals surface area contributed by atoms with Gasteiger partial charge in [0, 0.05) is 51.4 Å². The number of nitrogens with zero attached hydrogens (tertiary/aromatic N) is 2. The van der Waals surface area contributed by atoms with Crippen molar-refractivity contribution >= 4 is 17.5 Å². The molecule has 2 rings (SSSR count). The van der Waals surface area contributed by atoms with Crippen LogP contribution in [0.4, 0.5) is 0 Å². The monoisotopic (exact) mass is 339 g/mol. The number of piperazine rings is 1. The highest BCUT2D eigenvalue weighted by Crippen LogP contribution is 2.10. The lowest BCUT2D eigenvalue weighted by molar-refractivity contribution is -0.126. The number of benzene rings is 1. The summed E-state index contributed by atoms with van der Waals surface area (Å²) in [5.74, 6) is 0.0743. The number of carbonyl (C=O) groups excluding carboxylic acids is 1. The molecule has 0 aromatic heterocycles. The quantitative estimate of drug-likeness (QED) is 0.819. The molecule has 1 amide bonds. The van der Waals surface area contributed by atoms with Crippen molar-refractivity contribution in [1.82, 2.24) is 15.1 Å². The molecule has 1 atom stereocenters. The Hall–Kier alpha value is -1.14. The summed E-state index contributed by atoms with van der Waals surface area (Å²) < 4.78 is 5.11. The van der Waals surface area contributed by atoms with E-state index in [9.17, 15) is 4.79 Å². The van der Waals surface area contributed by atoms with E-state index in [2.05, 4.69) is 15.1 Å². The molecule has 128 valence electrons. The highest BCUT2D eigenvalue weighted by Gasteiger charge is 2.25. The van der Waals surface area contributed by atoms with Gasteiger partial charge in [-0.05, 0) is 24.6 Å². The smallest absolute Gasteiger partial charge is 0.237 e. The predicted octanol–water partition coefficient (Wildman–Crippen LogP) is 1.61. The second-order valence-corrected chi connectivity index (χ2v) is 6.33. The first-order valence-electron chi connectivity index (χ1n) is 8.07. The van der Waals surface area contributed by atoms with Crippen molar-refractivity contribution in [3.05, 3.63) is 34.9 Å². The molecule has 1 N–H and O–H groups in total. The van der Waals surface area contributed by atoms with Crippen LogP contribution in [0.5, 0.6) is 0 Å². The number of hydrogen-bond acceptors (Lipinski definition) is 4. The van der Waals surface area contributed by atoms with Crippen molar-refractivity contribution in [1.29, 1.82) is 0 Å². The van der Waals surface area contributed by atoms with Gasteiger partial charge in [-0.3, -0.25) is 14.6 Å². The summed E-state index contributed by atoms with van der Waals surface area (Å²) in [6.07, 6.45) is 0. The third-order valence-corrected chi connectivity index (χ3v) is 4.58. The van der Waals surface area contributed by atoms with Crippen LogP contribution in [-0.4, -0.2) is 68.2 Å². The van der Waals surface area contributed by atoms with E-state index in [0.717, 1.165) is 44.9 Å². The lowest BCUT2D eigenvalue weighted by Crippen LogP contribution is -2.54. The van der Waals surface area contributed by atoms with Gasteiger partial charge in [-0.15, -0.1) is 0 Å². The van der Waals surface area contributed by atoms with Crippen LogP contribution in [-0.2, 0) is 16.1 Å². The Balaban J connectivity index is 1.73. The van der Waals surface area contributed by atoms with Crippen molar-refractivity contribution in [3.63, 3.8) is 0 Å². The van der Waals surface area contributed by atoms with E-state index in [4.69, 9.17) is 16.3 Å². The molecule has 1 aromatic carbocycles. The molecule has 6 heteroatoms. The molecule has 0 radical (unpaired) electrons. The van der Waals surface area contributed by atoms with Gasteiger partial charge in [-0.1, -0.05) is 23.7 Å². The third kappa shape index (κ3) is 5.77. The molecule has 0 spiro atoms. The maximum Gasteiger partial charge on any atom is 0.237 e. The summed E-state index contributed by atoms with van der Waals surface area (Å²) in [6, 6.07) is 7.44. The Bertz CT molecular complexity index is 487.